The van der Waals surface area contributed by atoms with Gasteiger partial charge in [-0.2, -0.15) is 0 Å². The summed E-state index contributed by atoms with van der Waals surface area (Å²) in [6.45, 7) is 4.02. The average molecular weight is 236 g/mol. The Bertz CT molecular complexity index is 399. The number of nitrogens with zero attached hydrogens (tertiary/aromatic N) is 4. The first-order chi connectivity index (χ1) is 8.28. The number of fused-ring (bicyclic) bond motifs is 1. The highest BCUT2D eigenvalue weighted by Gasteiger charge is 2.32. The van der Waals surface area contributed by atoms with Gasteiger partial charge in [-0.25, -0.2) is 0 Å². The summed E-state index contributed by atoms with van der Waals surface area (Å²) in [5.41, 5.74) is 2.40. The van der Waals surface area contributed by atoms with Gasteiger partial charge in [0.2, 0.25) is 0 Å². The maximum atomic E-state index is 5.34. The summed E-state index contributed by atoms with van der Waals surface area (Å²) in [6, 6.07) is 0. The van der Waals surface area contributed by atoms with E-state index in [1.807, 2.05) is 11.7 Å². The highest BCUT2D eigenvalue weighted by molar-refractivity contribution is 5.19. The molecule has 1 unspecified atom stereocenters. The van der Waals surface area contributed by atoms with Crippen LogP contribution in [0.15, 0.2) is 0 Å². The van der Waals surface area contributed by atoms with E-state index in [1.165, 1.54) is 25.1 Å². The topological polar surface area (TPSA) is 43.2 Å². The van der Waals surface area contributed by atoms with Gasteiger partial charge < -0.3 is 4.74 Å². The fourth-order valence-electron chi connectivity index (χ4n) is 2.83. The van der Waals surface area contributed by atoms with Gasteiger partial charge in [0.15, 0.2) is 0 Å². The maximum Gasteiger partial charge on any atom is 0.100 e. The van der Waals surface area contributed by atoms with E-state index in [0.29, 0.717) is 5.92 Å². The normalized spacial score (nSPS) is 24.9. The number of aryl methyl sites for hydroxylation is 1. The first kappa shape index (κ1) is 11.2. The molecule has 1 aromatic rings. The molecule has 2 heterocycles. The van der Waals surface area contributed by atoms with Crippen molar-refractivity contribution in [3.8, 4) is 0 Å². The molecule has 94 valence electrons. The number of aromatic nitrogens is 3. The molecule has 1 aliphatic heterocycles. The summed E-state index contributed by atoms with van der Waals surface area (Å²) < 4.78 is 7.25. The molecule has 1 saturated carbocycles. The van der Waals surface area contributed by atoms with Gasteiger partial charge in [0.25, 0.3) is 0 Å². The Morgan fingerprint density at radius 1 is 1.41 bits per heavy atom. The Labute approximate surface area is 102 Å². The molecular formula is C12H20N4O. The zero-order valence-corrected chi connectivity index (χ0v) is 10.6. The fraction of sp³-hybridized carbons (Fsp3) is 0.833. The van der Waals surface area contributed by atoms with Gasteiger partial charge in [0, 0.05) is 39.7 Å². The van der Waals surface area contributed by atoms with E-state index < -0.39 is 0 Å². The molecule has 0 aromatic carbocycles. The first-order valence-corrected chi connectivity index (χ1v) is 6.37. The number of rotatable bonds is 4. The van der Waals surface area contributed by atoms with Gasteiger partial charge in [0.05, 0.1) is 12.3 Å². The highest BCUT2D eigenvalue weighted by Crippen LogP contribution is 2.33. The van der Waals surface area contributed by atoms with Crippen LogP contribution < -0.4 is 0 Å². The second kappa shape index (κ2) is 4.38. The highest BCUT2D eigenvalue weighted by atomic mass is 16.5. The molecule has 0 radical (unpaired) electrons. The van der Waals surface area contributed by atoms with E-state index in [2.05, 4.69) is 15.2 Å². The molecule has 1 fully saturated rings. The lowest BCUT2D eigenvalue weighted by atomic mass is 9.99. The third kappa shape index (κ3) is 2.21. The molecule has 0 saturated heterocycles. The van der Waals surface area contributed by atoms with E-state index in [0.717, 1.165) is 31.3 Å². The molecule has 0 amide bonds. The van der Waals surface area contributed by atoms with E-state index in [4.69, 9.17) is 4.74 Å². The van der Waals surface area contributed by atoms with E-state index >= 15 is 0 Å². The summed E-state index contributed by atoms with van der Waals surface area (Å²) in [5, 5.41) is 8.43. The number of ether oxygens (including phenoxy) is 1. The van der Waals surface area contributed by atoms with Crippen molar-refractivity contribution in [1.82, 2.24) is 19.9 Å². The van der Waals surface area contributed by atoms with Crippen LogP contribution in [0.2, 0.25) is 0 Å². The molecule has 0 bridgehead atoms. The van der Waals surface area contributed by atoms with Gasteiger partial charge in [-0.05, 0) is 18.8 Å². The fourth-order valence-corrected chi connectivity index (χ4v) is 2.83. The summed E-state index contributed by atoms with van der Waals surface area (Å²) in [5.74, 6) is 1.35. The van der Waals surface area contributed by atoms with Crippen LogP contribution in [-0.4, -0.2) is 46.7 Å². The maximum absolute atomic E-state index is 5.34. The van der Waals surface area contributed by atoms with Gasteiger partial charge in [0.1, 0.15) is 5.69 Å². The molecule has 1 atom stereocenters. The quantitative estimate of drug-likeness (QED) is 0.774. The van der Waals surface area contributed by atoms with Crippen molar-refractivity contribution in [2.75, 3.05) is 26.8 Å². The molecule has 3 rings (SSSR count). The van der Waals surface area contributed by atoms with Gasteiger partial charge in [-0.3, -0.25) is 9.58 Å². The molecule has 0 spiro atoms. The van der Waals surface area contributed by atoms with Crippen molar-refractivity contribution in [2.24, 2.45) is 13.0 Å². The van der Waals surface area contributed by atoms with Crippen LogP contribution in [0.5, 0.6) is 0 Å². The standard InChI is InChI=1S/C12H20N4O/c1-15-12-10(8-17-2)6-16(5-9-3-4-9)7-11(12)13-14-15/h9-10H,3-8H2,1-2H3. The summed E-state index contributed by atoms with van der Waals surface area (Å²) >= 11 is 0. The SMILES string of the molecule is COCC1CN(CC2CC2)Cc2nnn(C)c21. The average Bonchev–Trinajstić information content (AvgIpc) is 3.03. The lowest BCUT2D eigenvalue weighted by molar-refractivity contribution is 0.133. The smallest absolute Gasteiger partial charge is 0.100 e. The molecule has 5 heteroatoms. The third-order valence-corrected chi connectivity index (χ3v) is 3.76. The van der Waals surface area contributed by atoms with E-state index in [-0.39, 0.29) is 0 Å². The third-order valence-electron chi connectivity index (χ3n) is 3.76. The monoisotopic (exact) mass is 236 g/mol. The van der Waals surface area contributed by atoms with Crippen LogP contribution >= 0.6 is 0 Å². The minimum Gasteiger partial charge on any atom is -0.384 e. The van der Waals surface area contributed by atoms with Crippen molar-refractivity contribution in [3.63, 3.8) is 0 Å². The second-order valence-electron chi connectivity index (χ2n) is 5.33. The van der Waals surface area contributed by atoms with Crippen LogP contribution in [0.3, 0.4) is 0 Å². The Hall–Kier alpha value is -0.940. The minimum absolute atomic E-state index is 0.419. The van der Waals surface area contributed by atoms with Crippen molar-refractivity contribution >= 4 is 0 Å². The zero-order valence-electron chi connectivity index (χ0n) is 10.6. The van der Waals surface area contributed by atoms with Crippen LogP contribution in [-0.2, 0) is 18.3 Å². The molecule has 1 aromatic heterocycles. The lowest BCUT2D eigenvalue weighted by Crippen LogP contribution is -2.37. The van der Waals surface area contributed by atoms with E-state index in [1.54, 1.807) is 7.11 Å². The molecule has 1 aliphatic carbocycles. The predicted octanol–water partition coefficient (Wildman–Crippen LogP) is 0.771. The molecule has 5 nitrogen and oxygen atoms in total. The van der Waals surface area contributed by atoms with Crippen molar-refractivity contribution < 1.29 is 4.74 Å². The van der Waals surface area contributed by atoms with Crippen molar-refractivity contribution in [1.29, 1.82) is 0 Å². The van der Waals surface area contributed by atoms with Crippen LogP contribution in [0.25, 0.3) is 0 Å². The van der Waals surface area contributed by atoms with Crippen LogP contribution in [0.4, 0.5) is 0 Å². The van der Waals surface area contributed by atoms with Crippen LogP contribution in [0, 0.1) is 5.92 Å². The lowest BCUT2D eigenvalue weighted by Gasteiger charge is -2.31. The van der Waals surface area contributed by atoms with Gasteiger partial charge >= 0.3 is 0 Å². The molecular weight excluding hydrogens is 216 g/mol. The number of hydrogen-bond donors (Lipinski definition) is 0. The second-order valence-corrected chi connectivity index (χ2v) is 5.33. The van der Waals surface area contributed by atoms with Gasteiger partial charge in [-0.1, -0.05) is 5.21 Å². The van der Waals surface area contributed by atoms with E-state index in [9.17, 15) is 0 Å². The molecule has 17 heavy (non-hydrogen) atoms. The number of methoxy groups -OCH3 is 1. The number of hydrogen-bond acceptors (Lipinski definition) is 4. The minimum atomic E-state index is 0.419. The first-order valence-electron chi connectivity index (χ1n) is 6.37. The zero-order chi connectivity index (χ0) is 11.8. The van der Waals surface area contributed by atoms with Gasteiger partial charge in [-0.15, -0.1) is 5.10 Å². The van der Waals surface area contributed by atoms with Crippen molar-refractivity contribution in [2.45, 2.75) is 25.3 Å². The van der Waals surface area contributed by atoms with Crippen LogP contribution in [0.1, 0.15) is 30.1 Å². The molecule has 2 aliphatic rings. The Balaban J connectivity index is 1.79. The summed E-state index contributed by atoms with van der Waals surface area (Å²) in [6.07, 6.45) is 2.80. The molecule has 0 N–H and O–H groups in total. The Morgan fingerprint density at radius 2 is 2.24 bits per heavy atom. The summed E-state index contributed by atoms with van der Waals surface area (Å²) in [7, 11) is 3.74. The Morgan fingerprint density at radius 3 is 2.94 bits per heavy atom. The van der Waals surface area contributed by atoms with Crippen molar-refractivity contribution in [3.05, 3.63) is 11.4 Å². The Kier molecular flexibility index (Phi) is 2.88. The largest absolute Gasteiger partial charge is 0.384 e. The predicted molar refractivity (Wildman–Crippen MR) is 63.6 cm³/mol. The summed E-state index contributed by atoms with van der Waals surface area (Å²) in [4.78, 5) is 2.51.